The van der Waals surface area contributed by atoms with Crippen LogP contribution in [0.3, 0.4) is 0 Å². The van der Waals surface area contributed by atoms with Crippen LogP contribution < -0.4 is 0 Å². The molecule has 0 atom stereocenters. The lowest BCUT2D eigenvalue weighted by Gasteiger charge is -1.96. The van der Waals surface area contributed by atoms with E-state index in [1.54, 1.807) is 17.8 Å². The van der Waals surface area contributed by atoms with Gasteiger partial charge in [0.15, 0.2) is 0 Å². The topological polar surface area (TPSA) is 0 Å². The van der Waals surface area contributed by atoms with Crippen molar-refractivity contribution in [2.75, 3.05) is 6.26 Å². The first-order chi connectivity index (χ1) is 5.86. The Morgan fingerprint density at radius 2 is 2.25 bits per heavy atom. The van der Waals surface area contributed by atoms with Crippen LogP contribution >= 0.6 is 11.8 Å². The van der Waals surface area contributed by atoms with Crippen molar-refractivity contribution in [2.24, 2.45) is 0 Å². The predicted octanol–water partition coefficient (Wildman–Crippen LogP) is 3.61. The Kier molecular flexibility index (Phi) is 3.68. The molecular formula is C11H12S. The molecule has 0 spiro atoms. The molecular weight excluding hydrogens is 164 g/mol. The van der Waals surface area contributed by atoms with Crippen LogP contribution in [-0.4, -0.2) is 6.26 Å². The van der Waals surface area contributed by atoms with Crippen molar-refractivity contribution in [1.82, 2.24) is 0 Å². The van der Waals surface area contributed by atoms with Gasteiger partial charge in [-0.05, 0) is 24.0 Å². The number of allylic oxidation sites excluding steroid dienone is 2. The van der Waals surface area contributed by atoms with E-state index in [2.05, 4.69) is 37.1 Å². The summed E-state index contributed by atoms with van der Waals surface area (Å²) in [7, 11) is 0. The highest BCUT2D eigenvalue weighted by Crippen LogP contribution is 2.16. The number of benzene rings is 1. The van der Waals surface area contributed by atoms with Gasteiger partial charge < -0.3 is 0 Å². The molecule has 1 heteroatoms. The molecule has 0 saturated carbocycles. The SMILES string of the molecule is C=C/C=C/c1cccc(SC)c1. The number of hydrogen-bond acceptors (Lipinski definition) is 1. The van der Waals surface area contributed by atoms with E-state index in [4.69, 9.17) is 0 Å². The standard InChI is InChI=1S/C11H12S/c1-3-4-6-10-7-5-8-11(9-10)12-2/h3-9H,1H2,2H3/b6-4+. The third-order valence-electron chi connectivity index (χ3n) is 1.52. The van der Waals surface area contributed by atoms with Crippen molar-refractivity contribution < 1.29 is 0 Å². The third-order valence-corrected chi connectivity index (χ3v) is 2.24. The molecule has 1 aromatic carbocycles. The van der Waals surface area contributed by atoms with Crippen LogP contribution in [0.4, 0.5) is 0 Å². The van der Waals surface area contributed by atoms with Gasteiger partial charge >= 0.3 is 0 Å². The average molecular weight is 176 g/mol. The minimum Gasteiger partial charge on any atom is -0.130 e. The summed E-state index contributed by atoms with van der Waals surface area (Å²) in [4.78, 5) is 1.29. The Morgan fingerprint density at radius 3 is 2.92 bits per heavy atom. The maximum absolute atomic E-state index is 3.63. The van der Waals surface area contributed by atoms with Crippen molar-refractivity contribution in [1.29, 1.82) is 0 Å². The Morgan fingerprint density at radius 1 is 1.42 bits per heavy atom. The van der Waals surface area contributed by atoms with Gasteiger partial charge in [0.1, 0.15) is 0 Å². The molecule has 0 nitrogen and oxygen atoms in total. The lowest BCUT2D eigenvalue weighted by Crippen LogP contribution is -1.72. The van der Waals surface area contributed by atoms with Crippen LogP contribution in [0.25, 0.3) is 6.08 Å². The lowest BCUT2D eigenvalue weighted by molar-refractivity contribution is 1.45. The number of hydrogen-bond donors (Lipinski definition) is 0. The van der Waals surface area contributed by atoms with E-state index in [1.165, 1.54) is 10.5 Å². The summed E-state index contributed by atoms with van der Waals surface area (Å²) in [5.74, 6) is 0. The number of rotatable bonds is 3. The minimum atomic E-state index is 1.22. The molecule has 0 N–H and O–H groups in total. The van der Waals surface area contributed by atoms with Gasteiger partial charge in [0.25, 0.3) is 0 Å². The van der Waals surface area contributed by atoms with Crippen molar-refractivity contribution in [2.45, 2.75) is 4.90 Å². The second kappa shape index (κ2) is 4.83. The first-order valence-corrected chi connectivity index (χ1v) is 5.02. The van der Waals surface area contributed by atoms with Gasteiger partial charge in [0.2, 0.25) is 0 Å². The maximum Gasteiger partial charge on any atom is 0.00750 e. The van der Waals surface area contributed by atoms with Crippen molar-refractivity contribution in [3.8, 4) is 0 Å². The molecule has 0 aliphatic carbocycles. The summed E-state index contributed by atoms with van der Waals surface area (Å²) in [6.45, 7) is 3.63. The molecule has 0 aliphatic rings. The average Bonchev–Trinajstić information content (AvgIpc) is 2.15. The van der Waals surface area contributed by atoms with Crippen LogP contribution in [0.5, 0.6) is 0 Å². The van der Waals surface area contributed by atoms with E-state index in [0.717, 1.165) is 0 Å². The van der Waals surface area contributed by atoms with Gasteiger partial charge in [-0.3, -0.25) is 0 Å². The fourth-order valence-corrected chi connectivity index (χ4v) is 1.39. The zero-order valence-electron chi connectivity index (χ0n) is 7.16. The van der Waals surface area contributed by atoms with E-state index in [0.29, 0.717) is 0 Å². The monoisotopic (exact) mass is 176 g/mol. The fourth-order valence-electron chi connectivity index (χ4n) is 0.924. The molecule has 62 valence electrons. The first kappa shape index (κ1) is 9.14. The van der Waals surface area contributed by atoms with Gasteiger partial charge in [-0.2, -0.15) is 0 Å². The van der Waals surface area contributed by atoms with E-state index in [9.17, 15) is 0 Å². The van der Waals surface area contributed by atoms with Crippen LogP contribution in [0.2, 0.25) is 0 Å². The molecule has 0 aromatic heterocycles. The molecule has 0 saturated heterocycles. The van der Waals surface area contributed by atoms with E-state index >= 15 is 0 Å². The second-order valence-electron chi connectivity index (χ2n) is 2.37. The Labute approximate surface area is 78.0 Å². The van der Waals surface area contributed by atoms with E-state index in [-0.39, 0.29) is 0 Å². The van der Waals surface area contributed by atoms with Gasteiger partial charge in [-0.1, -0.05) is 36.9 Å². The zero-order chi connectivity index (χ0) is 8.81. The third kappa shape index (κ3) is 2.59. The predicted molar refractivity (Wildman–Crippen MR) is 57.5 cm³/mol. The van der Waals surface area contributed by atoms with Gasteiger partial charge in [-0.25, -0.2) is 0 Å². The van der Waals surface area contributed by atoms with Gasteiger partial charge in [-0.15, -0.1) is 11.8 Å². The van der Waals surface area contributed by atoms with Crippen LogP contribution in [0, 0.1) is 0 Å². The quantitative estimate of drug-likeness (QED) is 0.501. The van der Waals surface area contributed by atoms with Crippen LogP contribution in [0.1, 0.15) is 5.56 Å². The summed E-state index contributed by atoms with van der Waals surface area (Å²) < 4.78 is 0. The highest BCUT2D eigenvalue weighted by atomic mass is 32.2. The highest BCUT2D eigenvalue weighted by molar-refractivity contribution is 7.98. The van der Waals surface area contributed by atoms with Gasteiger partial charge in [0.05, 0.1) is 0 Å². The van der Waals surface area contributed by atoms with Crippen molar-refractivity contribution >= 4 is 17.8 Å². The molecule has 0 bridgehead atoms. The summed E-state index contributed by atoms with van der Waals surface area (Å²) in [6.07, 6.45) is 7.86. The van der Waals surface area contributed by atoms with Crippen molar-refractivity contribution in [3.05, 3.63) is 48.6 Å². The largest absolute Gasteiger partial charge is 0.130 e. The second-order valence-corrected chi connectivity index (χ2v) is 3.25. The normalized spacial score (nSPS) is 10.4. The molecule has 12 heavy (non-hydrogen) atoms. The van der Waals surface area contributed by atoms with Crippen LogP contribution in [-0.2, 0) is 0 Å². The fraction of sp³-hybridized carbons (Fsp3) is 0.0909. The molecule has 1 aromatic rings. The van der Waals surface area contributed by atoms with Gasteiger partial charge in [0, 0.05) is 4.90 Å². The molecule has 0 heterocycles. The Bertz CT molecular complexity index is 287. The van der Waals surface area contributed by atoms with Crippen molar-refractivity contribution in [3.63, 3.8) is 0 Å². The summed E-state index contributed by atoms with van der Waals surface area (Å²) in [5.41, 5.74) is 1.22. The summed E-state index contributed by atoms with van der Waals surface area (Å²) >= 11 is 1.76. The highest BCUT2D eigenvalue weighted by Gasteiger charge is 1.89. The Hall–Kier alpha value is -0.950. The molecule has 1 rings (SSSR count). The zero-order valence-corrected chi connectivity index (χ0v) is 7.97. The van der Waals surface area contributed by atoms with E-state index in [1.807, 2.05) is 12.2 Å². The smallest absolute Gasteiger partial charge is 0.00750 e. The maximum atomic E-state index is 3.63. The molecule has 0 fully saturated rings. The minimum absolute atomic E-state index is 1.22. The molecule has 0 radical (unpaired) electrons. The number of thioether (sulfide) groups is 1. The Balaban J connectivity index is 2.86. The first-order valence-electron chi connectivity index (χ1n) is 3.80. The molecule has 0 amide bonds. The summed E-state index contributed by atoms with van der Waals surface area (Å²) in [5, 5.41) is 0. The molecule has 0 aliphatic heterocycles. The summed E-state index contributed by atoms with van der Waals surface area (Å²) in [6, 6.07) is 8.41. The lowest BCUT2D eigenvalue weighted by atomic mass is 10.2. The van der Waals surface area contributed by atoms with Crippen LogP contribution in [0.15, 0.2) is 47.9 Å². The van der Waals surface area contributed by atoms with E-state index < -0.39 is 0 Å². The molecule has 0 unspecified atom stereocenters.